The van der Waals surface area contributed by atoms with Gasteiger partial charge in [-0.25, -0.2) is 9.78 Å². The maximum atomic E-state index is 11.9. The number of hydrogen-bond donors (Lipinski definition) is 3. The topological polar surface area (TPSA) is 75.3 Å². The number of amides is 1. The second kappa shape index (κ2) is 9.59. The molecule has 6 heteroatoms. The average molecular weight is 457 g/mol. The molecular formula is C28H32N4O2. The van der Waals surface area contributed by atoms with Crippen LogP contribution in [-0.4, -0.2) is 29.8 Å². The van der Waals surface area contributed by atoms with E-state index in [-0.39, 0.29) is 0 Å². The molecule has 6 nitrogen and oxygen atoms in total. The summed E-state index contributed by atoms with van der Waals surface area (Å²) < 4.78 is 5.31. The summed E-state index contributed by atoms with van der Waals surface area (Å²) in [6.45, 7) is 10.8. The van der Waals surface area contributed by atoms with Gasteiger partial charge in [0.15, 0.2) is 0 Å². The lowest BCUT2D eigenvalue weighted by Crippen LogP contribution is -2.35. The zero-order valence-corrected chi connectivity index (χ0v) is 20.5. The van der Waals surface area contributed by atoms with E-state index in [1.165, 1.54) is 11.1 Å². The molecule has 4 rings (SSSR count). The molecule has 0 saturated heterocycles. The van der Waals surface area contributed by atoms with E-state index < -0.39 is 11.7 Å². The van der Waals surface area contributed by atoms with Crippen molar-refractivity contribution >= 4 is 45.0 Å². The number of carbonyl (C=O) groups is 1. The van der Waals surface area contributed by atoms with Crippen LogP contribution in [0.4, 0.5) is 21.9 Å². The van der Waals surface area contributed by atoms with Crippen molar-refractivity contribution in [1.82, 2.24) is 10.3 Å². The Labute approximate surface area is 200 Å². The van der Waals surface area contributed by atoms with Crippen molar-refractivity contribution in [2.45, 2.75) is 40.2 Å². The van der Waals surface area contributed by atoms with Crippen LogP contribution in [0.5, 0.6) is 0 Å². The Morgan fingerprint density at radius 1 is 0.853 bits per heavy atom. The number of fused-ring (bicyclic) bond motifs is 2. The molecule has 0 bridgehead atoms. The highest BCUT2D eigenvalue weighted by molar-refractivity contribution is 6.08. The van der Waals surface area contributed by atoms with Crippen molar-refractivity contribution in [2.24, 2.45) is 0 Å². The van der Waals surface area contributed by atoms with Crippen molar-refractivity contribution in [3.8, 4) is 0 Å². The number of hydrogen-bond acceptors (Lipinski definition) is 5. The van der Waals surface area contributed by atoms with E-state index in [0.717, 1.165) is 38.9 Å². The lowest BCUT2D eigenvalue weighted by molar-refractivity contribution is 0.0530. The van der Waals surface area contributed by atoms with E-state index in [9.17, 15) is 4.79 Å². The molecule has 34 heavy (non-hydrogen) atoms. The summed E-state index contributed by atoms with van der Waals surface area (Å²) in [4.78, 5) is 16.8. The number of aromatic nitrogens is 1. The minimum atomic E-state index is -0.516. The van der Waals surface area contributed by atoms with Crippen molar-refractivity contribution in [3.05, 3.63) is 71.8 Å². The Bertz CT molecular complexity index is 1340. The fourth-order valence-electron chi connectivity index (χ4n) is 3.81. The summed E-state index contributed by atoms with van der Waals surface area (Å²) in [7, 11) is 0. The molecule has 0 aliphatic rings. The molecule has 0 fully saturated rings. The SMILES string of the molecule is Cc1ccc(Nc2ccc3c(NCCNC(=O)OC(C)(C)C)c4ccccc4nc3c2)cc1C. The third kappa shape index (κ3) is 5.57. The minimum absolute atomic E-state index is 0.416. The van der Waals surface area contributed by atoms with Gasteiger partial charge in [-0.2, -0.15) is 0 Å². The number of para-hydroxylation sites is 1. The smallest absolute Gasteiger partial charge is 0.407 e. The molecule has 1 amide bonds. The Hall–Kier alpha value is -3.80. The number of ether oxygens (including phenoxy) is 1. The monoisotopic (exact) mass is 456 g/mol. The number of benzene rings is 3. The van der Waals surface area contributed by atoms with Crippen LogP contribution >= 0.6 is 0 Å². The number of nitrogens with zero attached hydrogens (tertiary/aromatic N) is 1. The van der Waals surface area contributed by atoms with Gasteiger partial charge in [-0.1, -0.05) is 24.3 Å². The molecule has 0 atom stereocenters. The largest absolute Gasteiger partial charge is 0.444 e. The molecule has 3 N–H and O–H groups in total. The maximum Gasteiger partial charge on any atom is 0.407 e. The lowest BCUT2D eigenvalue weighted by atomic mass is 10.1. The molecule has 1 heterocycles. The Balaban J connectivity index is 1.57. The number of anilines is 3. The Kier molecular flexibility index (Phi) is 6.59. The van der Waals surface area contributed by atoms with E-state index in [1.807, 2.05) is 39.0 Å². The van der Waals surface area contributed by atoms with Gasteiger partial charge in [-0.15, -0.1) is 0 Å². The first kappa shape index (κ1) is 23.4. The Morgan fingerprint density at radius 3 is 2.32 bits per heavy atom. The number of pyridine rings is 1. The van der Waals surface area contributed by atoms with Crippen molar-refractivity contribution in [1.29, 1.82) is 0 Å². The molecule has 3 aromatic carbocycles. The zero-order valence-electron chi connectivity index (χ0n) is 20.5. The van der Waals surface area contributed by atoms with Gasteiger partial charge in [0.2, 0.25) is 0 Å². The van der Waals surface area contributed by atoms with Gasteiger partial charge < -0.3 is 20.7 Å². The summed E-state index contributed by atoms with van der Waals surface area (Å²) >= 11 is 0. The molecule has 0 unspecified atom stereocenters. The highest BCUT2D eigenvalue weighted by Gasteiger charge is 2.15. The first-order valence-electron chi connectivity index (χ1n) is 11.6. The van der Waals surface area contributed by atoms with Gasteiger partial charge in [0.1, 0.15) is 5.60 Å². The number of aryl methyl sites for hydroxylation is 2. The minimum Gasteiger partial charge on any atom is -0.444 e. The van der Waals surface area contributed by atoms with Crippen LogP contribution in [-0.2, 0) is 4.74 Å². The number of nitrogens with one attached hydrogen (secondary N) is 3. The molecule has 0 saturated carbocycles. The van der Waals surface area contributed by atoms with Gasteiger partial charge in [-0.05, 0) is 82.1 Å². The van der Waals surface area contributed by atoms with E-state index >= 15 is 0 Å². The van der Waals surface area contributed by atoms with Gasteiger partial charge in [0.05, 0.1) is 16.7 Å². The van der Waals surface area contributed by atoms with E-state index in [2.05, 4.69) is 72.3 Å². The van der Waals surface area contributed by atoms with Crippen LogP contribution in [0, 0.1) is 13.8 Å². The summed E-state index contributed by atoms with van der Waals surface area (Å²) in [5.41, 5.74) is 6.86. The number of alkyl carbamates (subject to hydrolysis) is 1. The van der Waals surface area contributed by atoms with Crippen molar-refractivity contribution in [2.75, 3.05) is 23.7 Å². The first-order valence-corrected chi connectivity index (χ1v) is 11.6. The van der Waals surface area contributed by atoms with Crippen LogP contribution in [0.15, 0.2) is 60.7 Å². The molecular weight excluding hydrogens is 424 g/mol. The van der Waals surface area contributed by atoms with Crippen LogP contribution in [0.1, 0.15) is 31.9 Å². The standard InChI is InChI=1S/C28H32N4O2/c1-18-10-11-20(16-19(18)2)31-21-12-13-23-25(17-21)32-24-9-7-6-8-22(24)26(23)29-14-15-30-27(33)34-28(3,4)5/h6-13,16-17,31H,14-15H2,1-5H3,(H,29,32)(H,30,33). The summed E-state index contributed by atoms with van der Waals surface area (Å²) in [6.07, 6.45) is -0.416. The molecule has 1 aromatic heterocycles. The number of carbonyl (C=O) groups excluding carboxylic acids is 1. The number of rotatable bonds is 6. The average Bonchev–Trinajstić information content (AvgIpc) is 2.77. The van der Waals surface area contributed by atoms with Gasteiger partial charge in [0, 0.05) is 35.2 Å². The fourth-order valence-corrected chi connectivity index (χ4v) is 3.81. The predicted octanol–water partition coefficient (Wildman–Crippen LogP) is 6.69. The quantitative estimate of drug-likeness (QED) is 0.223. The van der Waals surface area contributed by atoms with E-state index in [1.54, 1.807) is 0 Å². The van der Waals surface area contributed by atoms with Crippen LogP contribution in [0.3, 0.4) is 0 Å². The lowest BCUT2D eigenvalue weighted by Gasteiger charge is -2.20. The molecule has 0 aliphatic heterocycles. The third-order valence-electron chi connectivity index (χ3n) is 5.57. The second-order valence-electron chi connectivity index (χ2n) is 9.52. The van der Waals surface area contributed by atoms with Crippen molar-refractivity contribution in [3.63, 3.8) is 0 Å². The highest BCUT2D eigenvalue weighted by Crippen LogP contribution is 2.32. The van der Waals surface area contributed by atoms with Crippen LogP contribution in [0.25, 0.3) is 21.8 Å². The summed E-state index contributed by atoms with van der Waals surface area (Å²) in [5.74, 6) is 0. The predicted molar refractivity (Wildman–Crippen MR) is 141 cm³/mol. The third-order valence-corrected chi connectivity index (χ3v) is 5.57. The van der Waals surface area contributed by atoms with E-state index in [0.29, 0.717) is 13.1 Å². The van der Waals surface area contributed by atoms with Gasteiger partial charge in [0.25, 0.3) is 0 Å². The van der Waals surface area contributed by atoms with Crippen LogP contribution < -0.4 is 16.0 Å². The van der Waals surface area contributed by atoms with Gasteiger partial charge in [-0.3, -0.25) is 0 Å². The Morgan fingerprint density at radius 2 is 1.56 bits per heavy atom. The van der Waals surface area contributed by atoms with Crippen molar-refractivity contribution < 1.29 is 9.53 Å². The fraction of sp³-hybridized carbons (Fsp3) is 0.286. The first-order chi connectivity index (χ1) is 16.2. The molecule has 4 aromatic rings. The summed E-state index contributed by atoms with van der Waals surface area (Å²) in [6, 6.07) is 20.7. The molecule has 176 valence electrons. The maximum absolute atomic E-state index is 11.9. The highest BCUT2D eigenvalue weighted by atomic mass is 16.6. The van der Waals surface area contributed by atoms with Gasteiger partial charge >= 0.3 is 6.09 Å². The van der Waals surface area contributed by atoms with Crippen LogP contribution in [0.2, 0.25) is 0 Å². The van der Waals surface area contributed by atoms with E-state index in [4.69, 9.17) is 9.72 Å². The normalized spacial score (nSPS) is 11.4. The summed E-state index contributed by atoms with van der Waals surface area (Å²) in [5, 5.41) is 11.9. The molecule has 0 radical (unpaired) electrons. The zero-order chi connectivity index (χ0) is 24.3. The molecule has 0 spiro atoms. The second-order valence-corrected chi connectivity index (χ2v) is 9.52. The molecule has 0 aliphatic carbocycles.